The minimum atomic E-state index is -1.86. The van der Waals surface area contributed by atoms with Gasteiger partial charge in [0.15, 0.2) is 11.9 Å². The molecule has 0 aliphatic heterocycles. The Hall–Kier alpha value is -2.49. The van der Waals surface area contributed by atoms with Crippen molar-refractivity contribution in [2.24, 2.45) is 0 Å². The van der Waals surface area contributed by atoms with Crippen molar-refractivity contribution < 1.29 is 38.8 Å². The van der Waals surface area contributed by atoms with E-state index in [-0.39, 0.29) is 31.5 Å². The summed E-state index contributed by atoms with van der Waals surface area (Å²) >= 11 is 0. The zero-order valence-corrected chi connectivity index (χ0v) is 19.4. The Morgan fingerprint density at radius 2 is 1.66 bits per heavy atom. The molecule has 1 rings (SSSR count). The van der Waals surface area contributed by atoms with E-state index in [4.69, 9.17) is 14.2 Å². The second-order valence-electron chi connectivity index (χ2n) is 8.11. The van der Waals surface area contributed by atoms with Gasteiger partial charge in [0.25, 0.3) is 0 Å². The van der Waals surface area contributed by atoms with Crippen LogP contribution in [-0.2, 0) is 35.0 Å². The van der Waals surface area contributed by atoms with Crippen LogP contribution in [0.5, 0.6) is 0 Å². The number of aliphatic hydroxyl groups excluding tert-OH is 1. The average Bonchev–Trinajstić information content (AvgIpc) is 2.70. The van der Waals surface area contributed by atoms with Gasteiger partial charge < -0.3 is 29.7 Å². The smallest absolute Gasteiger partial charge is 0.335 e. The molecule has 0 saturated carbocycles. The van der Waals surface area contributed by atoms with Crippen LogP contribution < -0.4 is 5.32 Å². The first kappa shape index (κ1) is 27.5. The first-order valence-corrected chi connectivity index (χ1v) is 10.7. The zero-order valence-electron chi connectivity index (χ0n) is 19.4. The molecular weight excluding hydrogens is 418 g/mol. The fourth-order valence-electron chi connectivity index (χ4n) is 2.66. The van der Waals surface area contributed by atoms with Gasteiger partial charge >= 0.3 is 11.9 Å². The molecule has 0 heterocycles. The summed E-state index contributed by atoms with van der Waals surface area (Å²) in [7, 11) is 0. The molecule has 1 aromatic carbocycles. The molecule has 180 valence electrons. The monoisotopic (exact) mass is 453 g/mol. The molecule has 9 heteroatoms. The molecule has 0 aliphatic rings. The van der Waals surface area contributed by atoms with E-state index in [9.17, 15) is 24.6 Å². The van der Waals surface area contributed by atoms with Gasteiger partial charge in [-0.3, -0.25) is 9.59 Å². The van der Waals surface area contributed by atoms with Crippen molar-refractivity contribution in [3.63, 3.8) is 0 Å². The van der Waals surface area contributed by atoms with Crippen LogP contribution in [0.25, 0.3) is 0 Å². The number of amides is 1. The molecule has 3 N–H and O–H groups in total. The number of hydrogen-bond acceptors (Lipinski definition) is 8. The van der Waals surface area contributed by atoms with E-state index in [1.807, 2.05) is 30.3 Å². The maximum absolute atomic E-state index is 12.4. The molecule has 0 bridgehead atoms. The lowest BCUT2D eigenvalue weighted by atomic mass is 10.1. The maximum Gasteiger partial charge on any atom is 0.335 e. The first-order valence-electron chi connectivity index (χ1n) is 10.7. The van der Waals surface area contributed by atoms with Gasteiger partial charge in [-0.25, -0.2) is 4.79 Å². The van der Waals surface area contributed by atoms with E-state index in [1.165, 1.54) is 20.8 Å². The van der Waals surface area contributed by atoms with Gasteiger partial charge in [0.2, 0.25) is 5.91 Å². The number of nitrogens with one attached hydrogen (secondary N) is 1. The van der Waals surface area contributed by atoms with E-state index < -0.39 is 36.0 Å². The Balaban J connectivity index is 2.74. The molecule has 1 amide bonds. The molecule has 0 fully saturated rings. The Kier molecular flexibility index (Phi) is 11.3. The standard InChI is InChI=1S/C23H35NO8/c1-15(2)31-21(27)12-11-20(26)24-19(13-18-9-7-6-8-10-18)14-30-23(5,29)17(4)32-22(28)16(3)25/h6-10,15-17,19,25,29H,11-14H2,1-5H3,(H,24,26). The van der Waals surface area contributed by atoms with E-state index in [0.29, 0.717) is 6.42 Å². The molecule has 0 spiro atoms. The summed E-state index contributed by atoms with van der Waals surface area (Å²) in [5.74, 6) is -3.55. The van der Waals surface area contributed by atoms with Gasteiger partial charge in [-0.05, 0) is 46.6 Å². The predicted octanol–water partition coefficient (Wildman–Crippen LogP) is 1.48. The Labute approximate surface area is 189 Å². The number of carbonyl (C=O) groups is 3. The SMILES string of the molecule is CC(C)OC(=O)CCC(=O)NC(COC(C)(O)C(C)OC(=O)C(C)O)Cc1ccccc1. The summed E-state index contributed by atoms with van der Waals surface area (Å²) in [6.45, 7) is 7.41. The van der Waals surface area contributed by atoms with Crippen LogP contribution in [0, 0.1) is 0 Å². The molecule has 4 atom stereocenters. The van der Waals surface area contributed by atoms with Gasteiger partial charge in [-0.2, -0.15) is 0 Å². The van der Waals surface area contributed by atoms with Crippen LogP contribution in [-0.4, -0.2) is 64.8 Å². The van der Waals surface area contributed by atoms with E-state index in [1.54, 1.807) is 13.8 Å². The van der Waals surface area contributed by atoms with Crippen LogP contribution in [0.2, 0.25) is 0 Å². The van der Waals surface area contributed by atoms with Gasteiger partial charge in [0.1, 0.15) is 6.10 Å². The molecule has 0 aromatic heterocycles. The number of carbonyl (C=O) groups excluding carboxylic acids is 3. The number of esters is 2. The van der Waals surface area contributed by atoms with Gasteiger partial charge in [0, 0.05) is 6.42 Å². The summed E-state index contributed by atoms with van der Waals surface area (Å²) in [6, 6.07) is 8.87. The van der Waals surface area contributed by atoms with Crippen molar-refractivity contribution >= 4 is 17.8 Å². The average molecular weight is 454 g/mol. The molecule has 9 nitrogen and oxygen atoms in total. The fourth-order valence-corrected chi connectivity index (χ4v) is 2.66. The highest BCUT2D eigenvalue weighted by Crippen LogP contribution is 2.17. The molecule has 0 aliphatic carbocycles. The second-order valence-corrected chi connectivity index (χ2v) is 8.11. The largest absolute Gasteiger partial charge is 0.463 e. The minimum absolute atomic E-state index is 0.0460. The Morgan fingerprint density at radius 3 is 2.22 bits per heavy atom. The summed E-state index contributed by atoms with van der Waals surface area (Å²) in [6.07, 6.45) is -2.33. The van der Waals surface area contributed by atoms with E-state index >= 15 is 0 Å². The van der Waals surface area contributed by atoms with Crippen molar-refractivity contribution in [3.8, 4) is 0 Å². The topological polar surface area (TPSA) is 131 Å². The van der Waals surface area contributed by atoms with Crippen LogP contribution >= 0.6 is 0 Å². The lowest BCUT2D eigenvalue weighted by Gasteiger charge is -2.32. The highest BCUT2D eigenvalue weighted by molar-refractivity contribution is 5.81. The lowest BCUT2D eigenvalue weighted by molar-refractivity contribution is -0.252. The summed E-state index contributed by atoms with van der Waals surface area (Å²) in [4.78, 5) is 35.6. The fraction of sp³-hybridized carbons (Fsp3) is 0.609. The number of hydrogen-bond donors (Lipinski definition) is 3. The highest BCUT2D eigenvalue weighted by Gasteiger charge is 2.34. The summed E-state index contributed by atoms with van der Waals surface area (Å²) in [5, 5.41) is 22.7. The van der Waals surface area contributed by atoms with Crippen LogP contribution in [0.15, 0.2) is 30.3 Å². The Morgan fingerprint density at radius 1 is 1.03 bits per heavy atom. The van der Waals surface area contributed by atoms with Crippen molar-refractivity contribution in [2.75, 3.05) is 6.61 Å². The summed E-state index contributed by atoms with van der Waals surface area (Å²) in [5.41, 5.74) is 0.939. The van der Waals surface area contributed by atoms with Crippen LogP contribution in [0.1, 0.15) is 53.0 Å². The minimum Gasteiger partial charge on any atom is -0.463 e. The number of benzene rings is 1. The molecule has 1 aromatic rings. The van der Waals surface area contributed by atoms with Crippen molar-refractivity contribution in [1.82, 2.24) is 5.32 Å². The third kappa shape index (κ3) is 10.7. The highest BCUT2D eigenvalue weighted by atomic mass is 16.7. The van der Waals surface area contributed by atoms with E-state index in [0.717, 1.165) is 5.56 Å². The number of rotatable bonds is 13. The van der Waals surface area contributed by atoms with Crippen molar-refractivity contribution in [2.45, 2.75) is 84.0 Å². The van der Waals surface area contributed by atoms with Gasteiger partial charge in [-0.15, -0.1) is 0 Å². The third-order valence-corrected chi connectivity index (χ3v) is 4.58. The molecular formula is C23H35NO8. The van der Waals surface area contributed by atoms with Gasteiger partial charge in [-0.1, -0.05) is 30.3 Å². The third-order valence-electron chi connectivity index (χ3n) is 4.58. The normalized spacial score (nSPS) is 15.9. The lowest BCUT2D eigenvalue weighted by Crippen LogP contribution is -2.48. The molecule has 4 unspecified atom stereocenters. The van der Waals surface area contributed by atoms with Crippen molar-refractivity contribution in [1.29, 1.82) is 0 Å². The van der Waals surface area contributed by atoms with Crippen molar-refractivity contribution in [3.05, 3.63) is 35.9 Å². The van der Waals surface area contributed by atoms with Gasteiger partial charge in [0.05, 0.1) is 25.2 Å². The molecule has 0 saturated heterocycles. The van der Waals surface area contributed by atoms with Crippen LogP contribution in [0.4, 0.5) is 0 Å². The second kappa shape index (κ2) is 13.1. The quantitative estimate of drug-likeness (QED) is 0.302. The first-order chi connectivity index (χ1) is 14.9. The zero-order chi connectivity index (χ0) is 24.3. The number of ether oxygens (including phenoxy) is 3. The Bertz CT molecular complexity index is 733. The molecule has 0 radical (unpaired) electrons. The van der Waals surface area contributed by atoms with E-state index in [2.05, 4.69) is 5.32 Å². The number of aliphatic hydroxyl groups is 2. The molecule has 32 heavy (non-hydrogen) atoms. The predicted molar refractivity (Wildman–Crippen MR) is 116 cm³/mol. The maximum atomic E-state index is 12.4. The van der Waals surface area contributed by atoms with Crippen LogP contribution in [0.3, 0.4) is 0 Å². The summed E-state index contributed by atoms with van der Waals surface area (Å²) < 4.78 is 15.6.